The maximum atomic E-state index is 11.5. The van der Waals surface area contributed by atoms with Crippen LogP contribution in [0.3, 0.4) is 0 Å². The van der Waals surface area contributed by atoms with Crippen LogP contribution in [0.2, 0.25) is 0 Å². The van der Waals surface area contributed by atoms with Gasteiger partial charge in [0.15, 0.2) is 5.79 Å². The van der Waals surface area contributed by atoms with Crippen molar-refractivity contribution in [1.29, 1.82) is 0 Å². The molecule has 0 radical (unpaired) electrons. The molecule has 0 aromatic rings. The first-order chi connectivity index (χ1) is 8.89. The summed E-state index contributed by atoms with van der Waals surface area (Å²) in [4.78, 5) is 11.5. The lowest BCUT2D eigenvalue weighted by molar-refractivity contribution is -0.182. The first-order valence-corrected chi connectivity index (χ1v) is 6.88. The normalized spacial score (nSPS) is 26.4. The summed E-state index contributed by atoms with van der Waals surface area (Å²) in [5, 5.41) is 6.00. The molecule has 0 saturated carbocycles. The Labute approximate surface area is 114 Å². The lowest BCUT2D eigenvalue weighted by Gasteiger charge is -2.32. The minimum absolute atomic E-state index is 0.0920. The van der Waals surface area contributed by atoms with Crippen molar-refractivity contribution in [3.8, 4) is 0 Å². The van der Waals surface area contributed by atoms with Gasteiger partial charge in [-0.15, -0.1) is 0 Å². The molecule has 2 heterocycles. The van der Waals surface area contributed by atoms with E-state index in [4.69, 9.17) is 14.2 Å². The molecule has 1 atom stereocenters. The molecular formula is C13H24N2O4. The largest absolute Gasteiger partial charge is 0.444 e. The lowest BCUT2D eigenvalue weighted by Crippen LogP contribution is -2.44. The van der Waals surface area contributed by atoms with Gasteiger partial charge in [-0.05, 0) is 20.8 Å². The van der Waals surface area contributed by atoms with Gasteiger partial charge in [0.05, 0.1) is 6.61 Å². The molecule has 1 unspecified atom stereocenters. The molecule has 2 N–H and O–H groups in total. The molecule has 6 nitrogen and oxygen atoms in total. The average Bonchev–Trinajstić information content (AvgIpc) is 2.69. The highest BCUT2D eigenvalue weighted by Crippen LogP contribution is 2.31. The van der Waals surface area contributed by atoms with Gasteiger partial charge in [-0.2, -0.15) is 0 Å². The number of alkyl carbamates (subject to hydrolysis) is 1. The van der Waals surface area contributed by atoms with Gasteiger partial charge in [-0.1, -0.05) is 0 Å². The van der Waals surface area contributed by atoms with Gasteiger partial charge in [0.1, 0.15) is 11.7 Å². The number of ether oxygens (including phenoxy) is 3. The zero-order valence-corrected chi connectivity index (χ0v) is 12.0. The van der Waals surface area contributed by atoms with Crippen LogP contribution in [0.5, 0.6) is 0 Å². The van der Waals surface area contributed by atoms with Crippen LogP contribution in [0, 0.1) is 0 Å². The van der Waals surface area contributed by atoms with Crippen LogP contribution in [0.25, 0.3) is 0 Å². The topological polar surface area (TPSA) is 68.8 Å². The number of amides is 1. The number of hydrogen-bond donors (Lipinski definition) is 2. The number of piperidine rings is 1. The molecular weight excluding hydrogens is 248 g/mol. The van der Waals surface area contributed by atoms with E-state index in [9.17, 15) is 4.79 Å². The fraction of sp³-hybridized carbons (Fsp3) is 0.923. The molecule has 2 rings (SSSR count). The molecule has 0 aromatic heterocycles. The molecule has 2 saturated heterocycles. The number of nitrogens with one attached hydrogen (secondary N) is 2. The minimum atomic E-state index is -0.479. The van der Waals surface area contributed by atoms with Crippen molar-refractivity contribution in [3.05, 3.63) is 0 Å². The van der Waals surface area contributed by atoms with E-state index in [1.165, 1.54) is 0 Å². The third-order valence-corrected chi connectivity index (χ3v) is 3.15. The highest BCUT2D eigenvalue weighted by Gasteiger charge is 2.42. The van der Waals surface area contributed by atoms with Crippen molar-refractivity contribution in [2.75, 3.05) is 26.2 Å². The van der Waals surface area contributed by atoms with Gasteiger partial charge >= 0.3 is 6.09 Å². The Balaban J connectivity index is 1.72. The Bertz CT molecular complexity index is 321. The van der Waals surface area contributed by atoms with Gasteiger partial charge in [0.2, 0.25) is 0 Å². The van der Waals surface area contributed by atoms with Crippen LogP contribution < -0.4 is 10.6 Å². The average molecular weight is 272 g/mol. The molecule has 2 aliphatic rings. The smallest absolute Gasteiger partial charge is 0.407 e. The molecule has 0 aliphatic carbocycles. The molecule has 2 fully saturated rings. The van der Waals surface area contributed by atoms with E-state index in [0.29, 0.717) is 13.2 Å². The third kappa shape index (κ3) is 4.33. The summed E-state index contributed by atoms with van der Waals surface area (Å²) in [5.74, 6) is -0.439. The van der Waals surface area contributed by atoms with Gasteiger partial charge < -0.3 is 24.8 Å². The second-order valence-corrected chi connectivity index (χ2v) is 6.09. The first-order valence-electron chi connectivity index (χ1n) is 6.88. The SMILES string of the molecule is CC(C)(C)OC(=O)NCC1COC2(CCNCC2)O1. The van der Waals surface area contributed by atoms with Crippen LogP contribution in [0.15, 0.2) is 0 Å². The van der Waals surface area contributed by atoms with Crippen molar-refractivity contribution in [3.63, 3.8) is 0 Å². The number of hydrogen-bond acceptors (Lipinski definition) is 5. The second-order valence-electron chi connectivity index (χ2n) is 6.09. The first kappa shape index (κ1) is 14.6. The quantitative estimate of drug-likeness (QED) is 0.785. The van der Waals surface area contributed by atoms with Crippen LogP contribution >= 0.6 is 0 Å². The van der Waals surface area contributed by atoms with Crippen LogP contribution in [0.4, 0.5) is 4.79 Å². The molecule has 0 aromatic carbocycles. The summed E-state index contributed by atoms with van der Waals surface area (Å²) in [5.41, 5.74) is -0.479. The van der Waals surface area contributed by atoms with Crippen LogP contribution in [0.1, 0.15) is 33.6 Å². The molecule has 110 valence electrons. The van der Waals surface area contributed by atoms with Crippen molar-refractivity contribution >= 4 is 6.09 Å². The summed E-state index contributed by atoms with van der Waals surface area (Å²) in [6.07, 6.45) is 1.21. The van der Waals surface area contributed by atoms with Crippen molar-refractivity contribution in [1.82, 2.24) is 10.6 Å². The van der Waals surface area contributed by atoms with Crippen LogP contribution in [-0.2, 0) is 14.2 Å². The number of carbonyl (C=O) groups is 1. The Morgan fingerprint density at radius 3 is 2.74 bits per heavy atom. The van der Waals surface area contributed by atoms with Gasteiger partial charge in [-0.25, -0.2) is 4.79 Å². The Morgan fingerprint density at radius 2 is 2.11 bits per heavy atom. The van der Waals surface area contributed by atoms with Gasteiger partial charge in [-0.3, -0.25) is 0 Å². The van der Waals surface area contributed by atoms with E-state index in [-0.39, 0.29) is 6.10 Å². The predicted molar refractivity (Wildman–Crippen MR) is 69.9 cm³/mol. The Kier molecular flexibility index (Phi) is 4.32. The maximum absolute atomic E-state index is 11.5. The van der Waals surface area contributed by atoms with Crippen LogP contribution in [-0.4, -0.2) is 49.8 Å². The monoisotopic (exact) mass is 272 g/mol. The summed E-state index contributed by atoms with van der Waals surface area (Å²) in [6, 6.07) is 0. The highest BCUT2D eigenvalue weighted by molar-refractivity contribution is 5.67. The standard InChI is InChI=1S/C13H24N2O4/c1-12(2,3)19-11(16)15-8-10-9-17-13(18-10)4-6-14-7-5-13/h10,14H,4-9H2,1-3H3,(H,15,16). The van der Waals surface area contributed by atoms with Gasteiger partial charge in [0, 0.05) is 32.5 Å². The van der Waals surface area contributed by atoms with E-state index in [1.807, 2.05) is 20.8 Å². The van der Waals surface area contributed by atoms with E-state index in [2.05, 4.69) is 10.6 Å². The fourth-order valence-corrected chi connectivity index (χ4v) is 2.30. The molecule has 19 heavy (non-hydrogen) atoms. The van der Waals surface area contributed by atoms with E-state index < -0.39 is 17.5 Å². The third-order valence-electron chi connectivity index (χ3n) is 3.15. The van der Waals surface area contributed by atoms with E-state index in [0.717, 1.165) is 25.9 Å². The molecule has 6 heteroatoms. The zero-order valence-electron chi connectivity index (χ0n) is 12.0. The lowest BCUT2D eigenvalue weighted by atomic mass is 10.1. The molecule has 1 spiro atoms. The molecule has 2 aliphatic heterocycles. The molecule has 0 bridgehead atoms. The summed E-state index contributed by atoms with van der Waals surface area (Å²) < 4.78 is 16.9. The second kappa shape index (κ2) is 5.64. The minimum Gasteiger partial charge on any atom is -0.444 e. The Hall–Kier alpha value is -0.850. The van der Waals surface area contributed by atoms with Gasteiger partial charge in [0.25, 0.3) is 0 Å². The number of rotatable bonds is 2. The molecule has 1 amide bonds. The number of carbonyl (C=O) groups excluding carboxylic acids is 1. The highest BCUT2D eigenvalue weighted by atomic mass is 16.7. The van der Waals surface area contributed by atoms with E-state index in [1.54, 1.807) is 0 Å². The maximum Gasteiger partial charge on any atom is 0.407 e. The fourth-order valence-electron chi connectivity index (χ4n) is 2.30. The Morgan fingerprint density at radius 1 is 1.42 bits per heavy atom. The van der Waals surface area contributed by atoms with Crippen molar-refractivity contribution < 1.29 is 19.0 Å². The van der Waals surface area contributed by atoms with Crippen molar-refractivity contribution in [2.24, 2.45) is 0 Å². The predicted octanol–water partition coefficient (Wildman–Crippen LogP) is 1.01. The van der Waals surface area contributed by atoms with Crippen molar-refractivity contribution in [2.45, 2.75) is 51.1 Å². The zero-order chi connectivity index (χ0) is 13.9. The summed E-state index contributed by atoms with van der Waals surface area (Å²) >= 11 is 0. The summed E-state index contributed by atoms with van der Waals surface area (Å²) in [7, 11) is 0. The van der Waals surface area contributed by atoms with E-state index >= 15 is 0 Å². The summed E-state index contributed by atoms with van der Waals surface area (Å²) in [6.45, 7) is 8.28.